The Kier molecular flexibility index (Phi) is 32.2. The van der Waals surface area contributed by atoms with Crippen LogP contribution in [-0.2, 0) is 14.4 Å². The zero-order valence-corrected chi connectivity index (χ0v) is 21.6. The highest BCUT2D eigenvalue weighted by Crippen LogP contribution is 2.13. The molecule has 3 N–H and O–H groups in total. The Morgan fingerprint density at radius 3 is 0.806 bits per heavy atom. The molecule has 0 aromatic heterocycles. The molecule has 3 atom stereocenters. The molecule has 3 radical (unpaired) electrons. The van der Waals surface area contributed by atoms with Crippen molar-refractivity contribution in [2.75, 3.05) is 0 Å². The van der Waals surface area contributed by atoms with Gasteiger partial charge in [0.15, 0.2) is 0 Å². The van der Waals surface area contributed by atoms with E-state index in [9.17, 15) is 14.4 Å². The van der Waals surface area contributed by atoms with E-state index in [0.717, 1.165) is 77.0 Å². The van der Waals surface area contributed by atoms with Crippen molar-refractivity contribution in [3.8, 4) is 0 Å². The molecule has 185 valence electrons. The average molecular weight is 464 g/mol. The second kappa shape index (κ2) is 26.9. The smallest absolute Gasteiger partial charge is 0.306 e. The molecule has 0 saturated carbocycles. The van der Waals surface area contributed by atoms with E-state index in [1.807, 2.05) is 20.8 Å². The van der Waals surface area contributed by atoms with Gasteiger partial charge in [-0.15, -0.1) is 0 Å². The summed E-state index contributed by atoms with van der Waals surface area (Å²) in [6.45, 7) is 12.0. The summed E-state index contributed by atoms with van der Waals surface area (Å²) < 4.78 is 0. The van der Waals surface area contributed by atoms with Crippen LogP contribution in [0.2, 0.25) is 0 Å². The number of carboxylic acid groups (broad SMARTS) is 3. The third-order valence-corrected chi connectivity index (χ3v) is 5.24. The maximum absolute atomic E-state index is 10.4. The van der Waals surface area contributed by atoms with Crippen molar-refractivity contribution in [1.29, 1.82) is 0 Å². The summed E-state index contributed by atoms with van der Waals surface area (Å²) in [5.41, 5.74) is 0. The van der Waals surface area contributed by atoms with Crippen molar-refractivity contribution in [3.63, 3.8) is 0 Å². The van der Waals surface area contributed by atoms with E-state index in [1.54, 1.807) is 0 Å². The molecular weight excluding hydrogens is 415 g/mol. The molecule has 0 saturated heterocycles. The Hall–Kier alpha value is -1.16. The average Bonchev–Trinajstić information content (AvgIpc) is 2.70. The van der Waals surface area contributed by atoms with Crippen LogP contribution >= 0.6 is 9.90 Å². The van der Waals surface area contributed by atoms with Crippen molar-refractivity contribution < 1.29 is 29.7 Å². The molecule has 0 aromatic rings. The zero-order chi connectivity index (χ0) is 23.9. The lowest BCUT2D eigenvalue weighted by atomic mass is 10.00. The molecule has 0 heterocycles. The van der Waals surface area contributed by atoms with Crippen LogP contribution in [0.1, 0.15) is 119 Å². The summed E-state index contributed by atoms with van der Waals surface area (Å²) in [5.74, 6) is -2.26. The number of unbranched alkanes of at least 4 members (excludes halogenated alkanes) is 3. The quantitative estimate of drug-likeness (QED) is 0.214. The van der Waals surface area contributed by atoms with E-state index >= 15 is 0 Å². The summed E-state index contributed by atoms with van der Waals surface area (Å²) >= 11 is 0. The molecule has 7 heteroatoms. The fourth-order valence-corrected chi connectivity index (χ4v) is 2.86. The van der Waals surface area contributed by atoms with Gasteiger partial charge in [0, 0.05) is 9.90 Å². The summed E-state index contributed by atoms with van der Waals surface area (Å²) in [7, 11) is 0. The molecule has 31 heavy (non-hydrogen) atoms. The van der Waals surface area contributed by atoms with Crippen LogP contribution < -0.4 is 0 Å². The van der Waals surface area contributed by atoms with Crippen LogP contribution in [0.5, 0.6) is 0 Å². The number of hydrogen-bond acceptors (Lipinski definition) is 3. The van der Waals surface area contributed by atoms with Gasteiger partial charge in [-0.1, -0.05) is 80.1 Å². The van der Waals surface area contributed by atoms with Gasteiger partial charge in [-0.25, -0.2) is 0 Å². The third-order valence-electron chi connectivity index (χ3n) is 5.24. The largest absolute Gasteiger partial charge is 0.481 e. The highest BCUT2D eigenvalue weighted by Gasteiger charge is 2.14. The predicted molar refractivity (Wildman–Crippen MR) is 130 cm³/mol. The fourth-order valence-electron chi connectivity index (χ4n) is 2.86. The van der Waals surface area contributed by atoms with Crippen LogP contribution in [0.25, 0.3) is 0 Å². The molecule has 0 aliphatic rings. The van der Waals surface area contributed by atoms with Crippen LogP contribution in [0.15, 0.2) is 0 Å². The predicted octanol–water partition coefficient (Wildman–Crippen LogP) is 7.72. The molecule has 0 bridgehead atoms. The second-order valence-electron chi connectivity index (χ2n) is 7.76. The number of carboxylic acids is 3. The molecule has 0 aliphatic heterocycles. The normalized spacial score (nSPS) is 12.6. The molecule has 3 unspecified atom stereocenters. The zero-order valence-electron chi connectivity index (χ0n) is 20.7. The van der Waals surface area contributed by atoms with Gasteiger partial charge < -0.3 is 15.3 Å². The summed E-state index contributed by atoms with van der Waals surface area (Å²) in [6, 6.07) is 0. The number of carbonyl (C=O) groups is 3. The van der Waals surface area contributed by atoms with Crippen molar-refractivity contribution in [3.05, 3.63) is 0 Å². The lowest BCUT2D eigenvalue weighted by Gasteiger charge is -2.06. The monoisotopic (exact) mass is 463 g/mol. The van der Waals surface area contributed by atoms with Crippen molar-refractivity contribution in [2.24, 2.45) is 17.8 Å². The van der Waals surface area contributed by atoms with Crippen molar-refractivity contribution >= 4 is 27.8 Å². The number of aliphatic carboxylic acids is 3. The molecule has 0 rings (SSSR count). The Morgan fingerprint density at radius 2 is 0.710 bits per heavy atom. The molecule has 0 amide bonds. The van der Waals surface area contributed by atoms with Gasteiger partial charge in [0.2, 0.25) is 0 Å². The number of hydrogen-bond donors (Lipinski definition) is 3. The Bertz CT molecular complexity index is 366. The first kappa shape index (κ1) is 37.2. The van der Waals surface area contributed by atoms with Crippen molar-refractivity contribution in [1.82, 2.24) is 0 Å². The minimum Gasteiger partial charge on any atom is -0.481 e. The maximum atomic E-state index is 10.4. The Labute approximate surface area is 194 Å². The topological polar surface area (TPSA) is 112 Å². The van der Waals surface area contributed by atoms with Gasteiger partial charge in [-0.05, 0) is 38.5 Å². The van der Waals surface area contributed by atoms with E-state index in [4.69, 9.17) is 15.3 Å². The standard InChI is InChI=1S/3C8H16O2.P/c3*1-3-5-6-7(4-2)8(9)10;/h3*7H,3-6H2,1-2H3,(H,9,10);. The van der Waals surface area contributed by atoms with E-state index in [2.05, 4.69) is 20.8 Å². The fraction of sp³-hybridized carbons (Fsp3) is 0.875. The first-order valence-corrected chi connectivity index (χ1v) is 11.8. The lowest BCUT2D eigenvalue weighted by Crippen LogP contribution is -2.11. The van der Waals surface area contributed by atoms with E-state index < -0.39 is 17.9 Å². The Balaban J connectivity index is -0.000000174. The van der Waals surface area contributed by atoms with E-state index in [0.29, 0.717) is 0 Å². The summed E-state index contributed by atoms with van der Waals surface area (Å²) in [5, 5.41) is 25.8. The van der Waals surface area contributed by atoms with E-state index in [1.165, 1.54) is 0 Å². The van der Waals surface area contributed by atoms with Gasteiger partial charge >= 0.3 is 17.9 Å². The highest BCUT2D eigenvalue weighted by molar-refractivity contribution is 6.92. The SMILES string of the molecule is CCCCC(CC)C(=O)O.CCCCC(CC)C(=O)O.CCCCC(CC)C(=O)O.[P]. The molecule has 0 aliphatic carbocycles. The Morgan fingerprint density at radius 1 is 0.516 bits per heavy atom. The van der Waals surface area contributed by atoms with Gasteiger partial charge in [0.05, 0.1) is 17.8 Å². The summed E-state index contributed by atoms with van der Waals surface area (Å²) in [4.78, 5) is 31.3. The van der Waals surface area contributed by atoms with Crippen LogP contribution in [0.3, 0.4) is 0 Å². The van der Waals surface area contributed by atoms with Crippen LogP contribution in [0, 0.1) is 17.8 Å². The van der Waals surface area contributed by atoms with Gasteiger partial charge in [-0.2, -0.15) is 0 Å². The third kappa shape index (κ3) is 25.0. The molecule has 0 aromatic carbocycles. The van der Waals surface area contributed by atoms with Crippen LogP contribution in [-0.4, -0.2) is 33.2 Å². The summed E-state index contributed by atoms with van der Waals surface area (Å²) in [6.07, 6.45) is 11.1. The van der Waals surface area contributed by atoms with E-state index in [-0.39, 0.29) is 27.7 Å². The molecule has 6 nitrogen and oxygen atoms in total. The number of rotatable bonds is 15. The minimum atomic E-state index is -0.643. The first-order chi connectivity index (χ1) is 14.2. The highest BCUT2D eigenvalue weighted by atomic mass is 31.0. The minimum absolute atomic E-state index is 0. The van der Waals surface area contributed by atoms with Gasteiger partial charge in [-0.3, -0.25) is 14.4 Å². The molecular formula is C24H48O6P. The molecule has 0 fully saturated rings. The second-order valence-corrected chi connectivity index (χ2v) is 7.76. The van der Waals surface area contributed by atoms with Crippen molar-refractivity contribution in [2.45, 2.75) is 119 Å². The molecule has 0 spiro atoms. The van der Waals surface area contributed by atoms with Gasteiger partial charge in [0.25, 0.3) is 0 Å². The van der Waals surface area contributed by atoms with Gasteiger partial charge in [0.1, 0.15) is 0 Å². The maximum Gasteiger partial charge on any atom is 0.306 e. The lowest BCUT2D eigenvalue weighted by molar-refractivity contribution is -0.143. The first-order valence-electron chi connectivity index (χ1n) is 11.8. The van der Waals surface area contributed by atoms with Crippen LogP contribution in [0.4, 0.5) is 0 Å².